The molecule has 0 rings (SSSR count). The van der Waals surface area contributed by atoms with Gasteiger partial charge in [-0.25, -0.2) is 0 Å². The van der Waals surface area contributed by atoms with Crippen LogP contribution in [0.4, 0.5) is 0 Å². The second-order valence-corrected chi connectivity index (χ2v) is 6.34. The quantitative estimate of drug-likeness (QED) is 0.102. The van der Waals surface area contributed by atoms with Gasteiger partial charge in [-0.3, -0.25) is 44.8 Å². The van der Waals surface area contributed by atoms with Crippen LogP contribution in [-0.4, -0.2) is 141 Å². The fraction of sp³-hybridized carbons (Fsp3) is 0.650. The lowest BCUT2D eigenvalue weighted by Crippen LogP contribution is -2.49. The second-order valence-electron chi connectivity index (χ2n) is 6.34. The summed E-state index contributed by atoms with van der Waals surface area (Å²) in [6, 6.07) is 0. The number of carboxylic acids is 7. The maximum atomic E-state index is 9.15. The number of hydrogen-bond donors (Lipinski definition) is 14. The number of aliphatic carboxylic acids is 7. The Bertz CT molecular complexity index is 542. The number of rotatable bonds is 6. The van der Waals surface area contributed by atoms with Gasteiger partial charge in [0.05, 0.1) is 12.7 Å². The van der Waals surface area contributed by atoms with Crippen LogP contribution in [-0.2, 0) is 33.6 Å². The molecule has 41 heavy (non-hydrogen) atoms. The Balaban J connectivity index is -0.0000000548. The molecular formula is C20H44N2O19. The highest BCUT2D eigenvalue weighted by Crippen LogP contribution is 2.03. The molecule has 21 nitrogen and oxygen atoms in total. The van der Waals surface area contributed by atoms with Crippen LogP contribution in [0, 0.1) is 0 Å². The lowest BCUT2D eigenvalue weighted by atomic mass is 10.0. The molecule has 0 fully saturated rings. The molecule has 15 N–H and O–H groups in total. The molecule has 0 aromatic carbocycles. The number of hydrazine groups is 1. The number of hydrogen-bond acceptors (Lipinski definition) is 14. The minimum absolute atomic E-state index is 0.129. The van der Waals surface area contributed by atoms with Gasteiger partial charge < -0.3 is 61.3 Å². The third kappa shape index (κ3) is 246. The van der Waals surface area contributed by atoms with Crippen molar-refractivity contribution in [1.29, 1.82) is 0 Å². The third-order valence-corrected chi connectivity index (χ3v) is 1.65. The Labute approximate surface area is 234 Å². The summed E-state index contributed by atoms with van der Waals surface area (Å²) in [7, 11) is 0. The average Bonchev–Trinajstić information content (AvgIpc) is 2.69. The molecule has 248 valence electrons. The molecule has 0 unspecified atom stereocenters. The normalized spacial score (nSPS) is 10.9. The van der Waals surface area contributed by atoms with E-state index in [-0.39, 0.29) is 6.54 Å². The zero-order valence-corrected chi connectivity index (χ0v) is 23.5. The fourth-order valence-electron chi connectivity index (χ4n) is 0.805. The van der Waals surface area contributed by atoms with Gasteiger partial charge in [-0.15, -0.1) is 0 Å². The molecular weight excluding hydrogens is 572 g/mol. The van der Waals surface area contributed by atoms with Crippen molar-refractivity contribution in [3.8, 4) is 0 Å². The van der Waals surface area contributed by atoms with Crippen LogP contribution in [0.3, 0.4) is 0 Å². The Morgan fingerprint density at radius 1 is 0.488 bits per heavy atom. The summed E-state index contributed by atoms with van der Waals surface area (Å²) in [5.41, 5.74) is 2.09. The number of aliphatic hydroxyl groups is 5. The molecule has 4 atom stereocenters. The molecule has 0 spiro atoms. The molecule has 0 amide bonds. The predicted molar refractivity (Wildman–Crippen MR) is 136 cm³/mol. The zero-order valence-electron chi connectivity index (χ0n) is 23.5. The van der Waals surface area contributed by atoms with Crippen LogP contribution < -0.4 is 11.3 Å². The molecule has 0 aromatic heterocycles. The van der Waals surface area contributed by atoms with Crippen molar-refractivity contribution in [2.75, 3.05) is 13.2 Å². The standard InChI is InChI=1S/C6H16N2O5.7C2H4O2/c7-8-1-3(10)5(12)6(13)4(11)2-9;7*1-2(3)4/h3-6,8-13H,1-2,7H2;7*1H3,(H,3,4)/t3-,4-,5-,6+;;;;;;;/m1......./s1. The van der Waals surface area contributed by atoms with Crippen LogP contribution in [0.1, 0.15) is 48.5 Å². The number of carbonyl (C=O) groups is 7. The van der Waals surface area contributed by atoms with Crippen molar-refractivity contribution < 1.29 is 94.8 Å². The monoisotopic (exact) mass is 616 g/mol. The first-order valence-corrected chi connectivity index (χ1v) is 10.3. The van der Waals surface area contributed by atoms with Gasteiger partial charge in [0, 0.05) is 55.0 Å². The van der Waals surface area contributed by atoms with Gasteiger partial charge in [0.25, 0.3) is 41.8 Å². The van der Waals surface area contributed by atoms with Crippen molar-refractivity contribution in [2.24, 2.45) is 5.84 Å². The highest BCUT2D eigenvalue weighted by molar-refractivity contribution is 5.64. The lowest BCUT2D eigenvalue weighted by molar-refractivity contribution is -0.135. The number of nitrogens with two attached hydrogens (primary N) is 1. The van der Waals surface area contributed by atoms with E-state index in [9.17, 15) is 0 Å². The van der Waals surface area contributed by atoms with E-state index in [1.165, 1.54) is 0 Å². The molecule has 21 heteroatoms. The van der Waals surface area contributed by atoms with Crippen molar-refractivity contribution in [1.82, 2.24) is 5.43 Å². The Morgan fingerprint density at radius 3 is 0.756 bits per heavy atom. The molecule has 0 aliphatic carbocycles. The number of aliphatic hydroxyl groups excluding tert-OH is 5. The SMILES string of the molecule is CC(=O)O.CC(=O)O.CC(=O)O.CC(=O)O.CC(=O)O.CC(=O)O.CC(=O)O.NNC[C@@H](O)[C@@H](O)[C@@H](O)[C@H](O)CO. The summed E-state index contributed by atoms with van der Waals surface area (Å²) < 4.78 is 0. The topological polar surface area (TPSA) is 400 Å². The van der Waals surface area contributed by atoms with E-state index >= 15 is 0 Å². The summed E-state index contributed by atoms with van der Waals surface area (Å²) in [6.07, 6.45) is -5.95. The largest absolute Gasteiger partial charge is 0.481 e. The molecule has 0 aliphatic heterocycles. The van der Waals surface area contributed by atoms with Crippen molar-refractivity contribution in [2.45, 2.75) is 72.9 Å². The van der Waals surface area contributed by atoms with E-state index in [1.54, 1.807) is 0 Å². The summed E-state index contributed by atoms with van der Waals surface area (Å²) >= 11 is 0. The molecule has 0 aliphatic rings. The first kappa shape index (κ1) is 57.0. The first-order valence-electron chi connectivity index (χ1n) is 10.3. The van der Waals surface area contributed by atoms with E-state index in [2.05, 4.69) is 5.43 Å². The number of nitrogens with one attached hydrogen (secondary N) is 1. The second kappa shape index (κ2) is 43.1. The van der Waals surface area contributed by atoms with Gasteiger partial charge >= 0.3 is 0 Å². The summed E-state index contributed by atoms with van der Waals surface area (Å²) in [4.78, 5) is 63.0. The van der Waals surface area contributed by atoms with Gasteiger partial charge in [-0.05, 0) is 0 Å². The minimum atomic E-state index is -1.60. The number of carboxylic acid groups (broad SMARTS) is 7. The van der Waals surface area contributed by atoms with E-state index in [1.807, 2.05) is 0 Å². The maximum absolute atomic E-state index is 9.15. The van der Waals surface area contributed by atoms with Crippen molar-refractivity contribution >= 4 is 41.8 Å². The summed E-state index contributed by atoms with van der Waals surface area (Å²) in [5, 5.41) is 96.6. The van der Waals surface area contributed by atoms with Gasteiger partial charge in [0.15, 0.2) is 0 Å². The lowest BCUT2D eigenvalue weighted by Gasteiger charge is -2.25. The average molecular weight is 617 g/mol. The van der Waals surface area contributed by atoms with Gasteiger partial charge in [-0.1, -0.05) is 0 Å². The van der Waals surface area contributed by atoms with Crippen LogP contribution in [0.15, 0.2) is 0 Å². The molecule has 0 heterocycles. The predicted octanol–water partition coefficient (Wildman–Crippen LogP) is -3.48. The van der Waals surface area contributed by atoms with Crippen LogP contribution in [0.2, 0.25) is 0 Å². The van der Waals surface area contributed by atoms with E-state index in [0.29, 0.717) is 0 Å². The van der Waals surface area contributed by atoms with E-state index < -0.39 is 72.8 Å². The molecule has 0 saturated carbocycles. The van der Waals surface area contributed by atoms with Crippen LogP contribution >= 0.6 is 0 Å². The Hall–Kier alpha value is -3.99. The maximum Gasteiger partial charge on any atom is 0.300 e. The fourth-order valence-corrected chi connectivity index (χ4v) is 0.805. The molecule has 0 bridgehead atoms. The van der Waals surface area contributed by atoms with Crippen molar-refractivity contribution in [3.63, 3.8) is 0 Å². The van der Waals surface area contributed by atoms with E-state index in [4.69, 9.17) is 101 Å². The molecule has 0 aromatic rings. The smallest absolute Gasteiger partial charge is 0.300 e. The van der Waals surface area contributed by atoms with Crippen LogP contribution in [0.5, 0.6) is 0 Å². The summed E-state index contributed by atoms with van der Waals surface area (Å²) in [6.45, 7) is 6.76. The Kier molecular flexibility index (Phi) is 59.9. The summed E-state index contributed by atoms with van der Waals surface area (Å²) in [5.74, 6) is -0.972. The van der Waals surface area contributed by atoms with Crippen LogP contribution in [0.25, 0.3) is 0 Å². The van der Waals surface area contributed by atoms with Gasteiger partial charge in [0.2, 0.25) is 0 Å². The highest BCUT2D eigenvalue weighted by atomic mass is 16.4. The molecule has 0 radical (unpaired) electrons. The Morgan fingerprint density at radius 2 is 0.634 bits per heavy atom. The molecule has 0 saturated heterocycles. The third-order valence-electron chi connectivity index (χ3n) is 1.65. The van der Waals surface area contributed by atoms with Crippen molar-refractivity contribution in [3.05, 3.63) is 0 Å². The highest BCUT2D eigenvalue weighted by Gasteiger charge is 2.29. The minimum Gasteiger partial charge on any atom is -0.481 e. The zero-order chi connectivity index (χ0) is 35.5. The first-order chi connectivity index (χ1) is 18.2. The van der Waals surface area contributed by atoms with Gasteiger partial charge in [0.1, 0.15) is 18.3 Å². The van der Waals surface area contributed by atoms with E-state index in [0.717, 1.165) is 48.5 Å². The van der Waals surface area contributed by atoms with Gasteiger partial charge in [-0.2, -0.15) is 0 Å².